The number of halogens is 1. The summed E-state index contributed by atoms with van der Waals surface area (Å²) in [6, 6.07) is 5.72. The van der Waals surface area contributed by atoms with Gasteiger partial charge in [-0.05, 0) is 25.5 Å². The number of nitrogens with zero attached hydrogens (tertiary/aromatic N) is 2. The van der Waals surface area contributed by atoms with Crippen LogP contribution in [0.2, 0.25) is 5.15 Å². The lowest BCUT2D eigenvalue weighted by atomic mass is 10.1. The highest BCUT2D eigenvalue weighted by Crippen LogP contribution is 2.16. The Kier molecular flexibility index (Phi) is 6.53. The van der Waals surface area contributed by atoms with Gasteiger partial charge < -0.3 is 5.32 Å². The summed E-state index contributed by atoms with van der Waals surface area (Å²) in [5, 5.41) is 12.5. The topological polar surface area (TPSA) is 48.7 Å². The quantitative estimate of drug-likeness (QED) is 0.588. The van der Waals surface area contributed by atoms with Gasteiger partial charge in [0.05, 0.1) is 11.6 Å². The third-order valence-electron chi connectivity index (χ3n) is 2.81. The van der Waals surface area contributed by atoms with Crippen molar-refractivity contribution in [2.24, 2.45) is 0 Å². The number of nitriles is 1. The Morgan fingerprint density at radius 3 is 2.83 bits per heavy atom. The zero-order valence-corrected chi connectivity index (χ0v) is 11.8. The van der Waals surface area contributed by atoms with Gasteiger partial charge >= 0.3 is 0 Å². The molecule has 0 fully saturated rings. The highest BCUT2D eigenvalue weighted by molar-refractivity contribution is 6.29. The van der Waals surface area contributed by atoms with Gasteiger partial charge in [-0.3, -0.25) is 0 Å². The third-order valence-corrected chi connectivity index (χ3v) is 3.00. The standard InChI is InChI=1S/C14H20ClN3/c1-3-4-5-6-7-11(2)17-14-9-12(10-16)8-13(15)18-14/h8-9,11H,3-7H2,1-2H3,(H,17,18). The molecule has 0 saturated heterocycles. The van der Waals surface area contributed by atoms with Gasteiger partial charge in [0.1, 0.15) is 11.0 Å². The average molecular weight is 266 g/mol. The van der Waals surface area contributed by atoms with Crippen molar-refractivity contribution in [1.29, 1.82) is 5.26 Å². The number of nitrogens with one attached hydrogen (secondary N) is 1. The maximum atomic E-state index is 8.86. The van der Waals surface area contributed by atoms with Crippen LogP contribution in [0.25, 0.3) is 0 Å². The van der Waals surface area contributed by atoms with E-state index < -0.39 is 0 Å². The number of pyridine rings is 1. The molecule has 1 aromatic rings. The summed E-state index contributed by atoms with van der Waals surface area (Å²) < 4.78 is 0. The second-order valence-electron chi connectivity index (χ2n) is 4.57. The van der Waals surface area contributed by atoms with Gasteiger partial charge in [0.2, 0.25) is 0 Å². The number of anilines is 1. The van der Waals surface area contributed by atoms with Gasteiger partial charge in [-0.25, -0.2) is 4.98 Å². The summed E-state index contributed by atoms with van der Waals surface area (Å²) >= 11 is 5.86. The van der Waals surface area contributed by atoms with Gasteiger partial charge in [-0.2, -0.15) is 5.26 Å². The lowest BCUT2D eigenvalue weighted by Crippen LogP contribution is -2.16. The van der Waals surface area contributed by atoms with Gasteiger partial charge in [0.15, 0.2) is 0 Å². The van der Waals surface area contributed by atoms with Crippen LogP contribution < -0.4 is 5.32 Å². The zero-order chi connectivity index (χ0) is 13.4. The fourth-order valence-electron chi connectivity index (χ4n) is 1.84. The van der Waals surface area contributed by atoms with Crippen molar-refractivity contribution in [3.8, 4) is 6.07 Å². The number of hydrogen-bond donors (Lipinski definition) is 1. The molecule has 1 unspecified atom stereocenters. The van der Waals surface area contributed by atoms with E-state index in [1.54, 1.807) is 12.1 Å². The highest BCUT2D eigenvalue weighted by atomic mass is 35.5. The van der Waals surface area contributed by atoms with E-state index in [-0.39, 0.29) is 0 Å². The molecule has 98 valence electrons. The molecule has 1 rings (SSSR count). The lowest BCUT2D eigenvalue weighted by molar-refractivity contribution is 0.593. The molecule has 0 aliphatic heterocycles. The predicted octanol–water partition coefficient (Wildman–Crippen LogP) is 4.38. The molecule has 4 heteroatoms. The molecular weight excluding hydrogens is 246 g/mol. The molecule has 1 N–H and O–H groups in total. The van der Waals surface area contributed by atoms with Crippen molar-refractivity contribution in [1.82, 2.24) is 4.98 Å². The molecule has 0 bridgehead atoms. The monoisotopic (exact) mass is 265 g/mol. The minimum Gasteiger partial charge on any atom is -0.368 e. The molecular formula is C14H20ClN3. The minimum absolute atomic E-state index is 0.347. The summed E-state index contributed by atoms with van der Waals surface area (Å²) in [5.41, 5.74) is 0.538. The maximum Gasteiger partial charge on any atom is 0.132 e. The first-order valence-corrected chi connectivity index (χ1v) is 6.87. The maximum absolute atomic E-state index is 8.86. The molecule has 3 nitrogen and oxygen atoms in total. The predicted molar refractivity (Wildman–Crippen MR) is 75.8 cm³/mol. The first-order valence-electron chi connectivity index (χ1n) is 6.50. The summed E-state index contributed by atoms with van der Waals surface area (Å²) in [6.07, 6.45) is 6.14. The molecule has 0 aliphatic rings. The highest BCUT2D eigenvalue weighted by Gasteiger charge is 2.05. The second-order valence-corrected chi connectivity index (χ2v) is 4.96. The molecule has 1 heterocycles. The van der Waals surface area contributed by atoms with E-state index in [0.29, 0.717) is 22.6 Å². The van der Waals surface area contributed by atoms with E-state index in [1.165, 1.54) is 25.7 Å². The average Bonchev–Trinajstić information content (AvgIpc) is 2.34. The third kappa shape index (κ3) is 5.37. The second kappa shape index (κ2) is 7.94. The Labute approximate surface area is 114 Å². The summed E-state index contributed by atoms with van der Waals surface area (Å²) in [4.78, 5) is 4.17. The van der Waals surface area contributed by atoms with Crippen LogP contribution in [0.15, 0.2) is 12.1 Å². The van der Waals surface area contributed by atoms with Crippen molar-refractivity contribution < 1.29 is 0 Å². The van der Waals surface area contributed by atoms with Crippen LogP contribution in [0.4, 0.5) is 5.82 Å². The van der Waals surface area contributed by atoms with Crippen molar-refractivity contribution in [2.75, 3.05) is 5.32 Å². The molecule has 0 saturated carbocycles. The van der Waals surface area contributed by atoms with Crippen molar-refractivity contribution in [3.05, 3.63) is 22.8 Å². The largest absolute Gasteiger partial charge is 0.368 e. The van der Waals surface area contributed by atoms with Gasteiger partial charge in [0.25, 0.3) is 0 Å². The minimum atomic E-state index is 0.347. The molecule has 18 heavy (non-hydrogen) atoms. The molecule has 0 amide bonds. The van der Waals surface area contributed by atoms with Gasteiger partial charge in [0, 0.05) is 6.04 Å². The van der Waals surface area contributed by atoms with Crippen LogP contribution in [0.3, 0.4) is 0 Å². The van der Waals surface area contributed by atoms with Crippen LogP contribution in [0.5, 0.6) is 0 Å². The number of hydrogen-bond acceptors (Lipinski definition) is 3. The van der Waals surface area contributed by atoms with Crippen molar-refractivity contribution in [2.45, 2.75) is 52.0 Å². The summed E-state index contributed by atoms with van der Waals surface area (Å²) in [6.45, 7) is 4.33. The Bertz CT molecular complexity index is 412. The smallest absolute Gasteiger partial charge is 0.132 e. The fraction of sp³-hybridized carbons (Fsp3) is 0.571. The van der Waals surface area contributed by atoms with E-state index in [0.717, 1.165) is 6.42 Å². The molecule has 0 aliphatic carbocycles. The fourth-order valence-corrected chi connectivity index (χ4v) is 2.05. The summed E-state index contributed by atoms with van der Waals surface area (Å²) in [7, 11) is 0. The van der Waals surface area contributed by atoms with Crippen molar-refractivity contribution in [3.63, 3.8) is 0 Å². The van der Waals surface area contributed by atoms with Crippen LogP contribution in [0.1, 0.15) is 51.5 Å². The molecule has 1 atom stereocenters. The van der Waals surface area contributed by atoms with Gasteiger partial charge in [-0.15, -0.1) is 0 Å². The van der Waals surface area contributed by atoms with Crippen LogP contribution >= 0.6 is 11.6 Å². The van der Waals surface area contributed by atoms with E-state index in [2.05, 4.69) is 30.2 Å². The number of rotatable bonds is 7. The summed E-state index contributed by atoms with van der Waals surface area (Å²) in [5.74, 6) is 0.682. The molecule has 0 spiro atoms. The van der Waals surface area contributed by atoms with Crippen LogP contribution in [-0.4, -0.2) is 11.0 Å². The van der Waals surface area contributed by atoms with Crippen LogP contribution in [0, 0.1) is 11.3 Å². The number of aromatic nitrogens is 1. The van der Waals surface area contributed by atoms with Gasteiger partial charge in [-0.1, -0.05) is 44.2 Å². The Balaban J connectivity index is 2.46. The van der Waals surface area contributed by atoms with E-state index >= 15 is 0 Å². The Morgan fingerprint density at radius 2 is 2.17 bits per heavy atom. The first-order chi connectivity index (χ1) is 8.65. The van der Waals surface area contributed by atoms with Crippen LogP contribution in [-0.2, 0) is 0 Å². The van der Waals surface area contributed by atoms with E-state index in [4.69, 9.17) is 16.9 Å². The molecule has 0 radical (unpaired) electrons. The Morgan fingerprint density at radius 1 is 1.39 bits per heavy atom. The molecule has 1 aromatic heterocycles. The van der Waals surface area contributed by atoms with E-state index in [1.807, 2.05) is 0 Å². The van der Waals surface area contributed by atoms with Crippen molar-refractivity contribution >= 4 is 17.4 Å². The zero-order valence-electron chi connectivity index (χ0n) is 11.0. The lowest BCUT2D eigenvalue weighted by Gasteiger charge is -2.14. The SMILES string of the molecule is CCCCCCC(C)Nc1cc(C#N)cc(Cl)n1. The van der Waals surface area contributed by atoms with E-state index in [9.17, 15) is 0 Å². The Hall–Kier alpha value is -1.27. The molecule has 0 aromatic carbocycles. The normalized spacial score (nSPS) is 11.9. The first kappa shape index (κ1) is 14.8. The number of unbranched alkanes of at least 4 members (excludes halogenated alkanes) is 3.